The van der Waals surface area contributed by atoms with E-state index < -0.39 is 0 Å². The second kappa shape index (κ2) is 18.5. The van der Waals surface area contributed by atoms with Crippen molar-refractivity contribution in [2.45, 2.75) is 104 Å². The van der Waals surface area contributed by atoms with Gasteiger partial charge in [0.2, 0.25) is 5.91 Å². The van der Waals surface area contributed by atoms with Crippen molar-refractivity contribution in [2.24, 2.45) is 16.6 Å². The molecule has 0 bridgehead atoms. The Morgan fingerprint density at radius 2 is 2.05 bits per heavy atom. The zero-order valence-corrected chi connectivity index (χ0v) is 26.9. The Balaban J connectivity index is 0.00000248. The third-order valence-corrected chi connectivity index (χ3v) is 8.71. The summed E-state index contributed by atoms with van der Waals surface area (Å²) in [4.78, 5) is 23.0. The first-order chi connectivity index (χ1) is 21.0. The number of carbonyl (C=O) groups is 1. The first-order valence-electron chi connectivity index (χ1n) is 16.4. The number of unbranched alkanes of at least 4 members (excludes halogenated alkanes) is 2. The SMILES string of the molecule is C#C.CC/C=C1/CCO/C1=C/CCCC1CC(CCC2=NC=C(C)C2)N(CC(=O)N(CCCC)c2cccc(CN)c2)C1. The lowest BCUT2D eigenvalue weighted by molar-refractivity contribution is -0.120. The van der Waals surface area contributed by atoms with Gasteiger partial charge in [-0.15, -0.1) is 12.8 Å². The summed E-state index contributed by atoms with van der Waals surface area (Å²) in [7, 11) is 0. The predicted molar refractivity (Wildman–Crippen MR) is 181 cm³/mol. The molecule has 234 valence electrons. The molecule has 1 amide bonds. The zero-order chi connectivity index (χ0) is 31.0. The molecule has 2 atom stereocenters. The average molecular weight is 587 g/mol. The molecule has 0 aliphatic carbocycles. The highest BCUT2D eigenvalue weighted by molar-refractivity contribution is 5.95. The fourth-order valence-corrected chi connectivity index (χ4v) is 6.48. The van der Waals surface area contributed by atoms with Crippen LogP contribution in [0.1, 0.15) is 97.0 Å². The molecule has 2 unspecified atom stereocenters. The molecule has 0 aromatic heterocycles. The van der Waals surface area contributed by atoms with Gasteiger partial charge in [-0.25, -0.2) is 0 Å². The van der Waals surface area contributed by atoms with Crippen LogP contribution in [0.2, 0.25) is 0 Å². The highest BCUT2D eigenvalue weighted by atomic mass is 16.5. The zero-order valence-electron chi connectivity index (χ0n) is 26.9. The Kier molecular flexibility index (Phi) is 14.8. The van der Waals surface area contributed by atoms with Gasteiger partial charge in [-0.3, -0.25) is 14.7 Å². The molecule has 0 radical (unpaired) electrons. The largest absolute Gasteiger partial charge is 0.493 e. The Bertz CT molecular complexity index is 1180. The second-order valence-electron chi connectivity index (χ2n) is 12.1. The number of hydrogen-bond acceptors (Lipinski definition) is 5. The number of terminal acetylenes is 1. The summed E-state index contributed by atoms with van der Waals surface area (Å²) in [5.41, 5.74) is 12.0. The van der Waals surface area contributed by atoms with Gasteiger partial charge in [-0.05, 0) is 99.1 Å². The van der Waals surface area contributed by atoms with Crippen molar-refractivity contribution in [1.29, 1.82) is 0 Å². The minimum atomic E-state index is 0.201. The molecular formula is C37H54N4O2. The van der Waals surface area contributed by atoms with Gasteiger partial charge in [0.1, 0.15) is 5.76 Å². The van der Waals surface area contributed by atoms with Crippen molar-refractivity contribution >= 4 is 17.3 Å². The van der Waals surface area contributed by atoms with Crippen molar-refractivity contribution in [3.63, 3.8) is 0 Å². The summed E-state index contributed by atoms with van der Waals surface area (Å²) >= 11 is 0. The number of allylic oxidation sites excluding steroid dienone is 4. The van der Waals surface area contributed by atoms with Crippen LogP contribution in [0.4, 0.5) is 5.69 Å². The highest BCUT2D eigenvalue weighted by Crippen LogP contribution is 2.32. The molecule has 1 aromatic carbocycles. The van der Waals surface area contributed by atoms with Gasteiger partial charge in [0.25, 0.3) is 0 Å². The Labute approximate surface area is 261 Å². The van der Waals surface area contributed by atoms with Crippen molar-refractivity contribution in [3.05, 3.63) is 65.1 Å². The average Bonchev–Trinajstić information content (AvgIpc) is 3.76. The fraction of sp³-hybridized carbons (Fsp3) is 0.568. The number of nitrogens with zero attached hydrogens (tertiary/aromatic N) is 3. The molecule has 6 nitrogen and oxygen atoms in total. The minimum absolute atomic E-state index is 0.201. The number of carbonyl (C=O) groups excluding carboxylic acids is 1. The molecular weight excluding hydrogens is 532 g/mol. The summed E-state index contributed by atoms with van der Waals surface area (Å²) in [6, 6.07) is 8.60. The number of hydrogen-bond donors (Lipinski definition) is 1. The third kappa shape index (κ3) is 10.5. The number of ether oxygens (including phenoxy) is 1. The van der Waals surface area contributed by atoms with E-state index in [4.69, 9.17) is 10.5 Å². The van der Waals surface area contributed by atoms with Gasteiger partial charge in [0.05, 0.1) is 13.2 Å². The van der Waals surface area contributed by atoms with Crippen LogP contribution in [0.5, 0.6) is 0 Å². The maximum atomic E-state index is 13.8. The van der Waals surface area contributed by atoms with E-state index in [1.165, 1.54) is 29.7 Å². The van der Waals surface area contributed by atoms with Crippen molar-refractivity contribution in [1.82, 2.24) is 4.90 Å². The third-order valence-electron chi connectivity index (χ3n) is 8.71. The summed E-state index contributed by atoms with van der Waals surface area (Å²) in [6.45, 7) is 10.0. The molecule has 0 saturated carbocycles. The Morgan fingerprint density at radius 1 is 1.21 bits per heavy atom. The van der Waals surface area contributed by atoms with E-state index in [1.54, 1.807) is 0 Å². The monoisotopic (exact) mass is 586 g/mol. The molecule has 2 fully saturated rings. The molecule has 1 aromatic rings. The molecule has 3 aliphatic heterocycles. The lowest BCUT2D eigenvalue weighted by Gasteiger charge is -2.29. The number of anilines is 1. The van der Waals surface area contributed by atoms with Crippen LogP contribution in [-0.2, 0) is 16.1 Å². The van der Waals surface area contributed by atoms with Gasteiger partial charge in [-0.2, -0.15) is 0 Å². The van der Waals surface area contributed by atoms with Gasteiger partial charge in [0.15, 0.2) is 0 Å². The minimum Gasteiger partial charge on any atom is -0.493 e. The summed E-state index contributed by atoms with van der Waals surface area (Å²) in [5.74, 6) is 1.93. The molecule has 0 spiro atoms. The van der Waals surface area contributed by atoms with Crippen LogP contribution in [0, 0.1) is 18.8 Å². The van der Waals surface area contributed by atoms with E-state index in [-0.39, 0.29) is 5.91 Å². The lowest BCUT2D eigenvalue weighted by Crippen LogP contribution is -2.43. The fourth-order valence-electron chi connectivity index (χ4n) is 6.48. The number of rotatable bonds is 15. The van der Waals surface area contributed by atoms with E-state index in [9.17, 15) is 4.79 Å². The first kappa shape index (κ1) is 34.4. The van der Waals surface area contributed by atoms with Crippen LogP contribution >= 0.6 is 0 Å². The predicted octanol–water partition coefficient (Wildman–Crippen LogP) is 7.56. The molecule has 43 heavy (non-hydrogen) atoms. The Morgan fingerprint density at radius 3 is 2.77 bits per heavy atom. The first-order valence-corrected chi connectivity index (χ1v) is 16.4. The molecule has 6 heteroatoms. The van der Waals surface area contributed by atoms with Crippen molar-refractivity contribution < 1.29 is 9.53 Å². The highest BCUT2D eigenvalue weighted by Gasteiger charge is 2.34. The molecule has 4 rings (SSSR count). The van der Waals surface area contributed by atoms with Crippen molar-refractivity contribution in [2.75, 3.05) is 31.1 Å². The molecule has 2 N–H and O–H groups in total. The number of nitrogens with two attached hydrogens (primary N) is 1. The smallest absolute Gasteiger partial charge is 0.241 e. The van der Waals surface area contributed by atoms with Crippen LogP contribution < -0.4 is 10.6 Å². The van der Waals surface area contributed by atoms with Gasteiger partial charge in [0, 0.05) is 56.1 Å². The Hall–Kier alpha value is -3.14. The summed E-state index contributed by atoms with van der Waals surface area (Å²) in [5, 5.41) is 0. The maximum Gasteiger partial charge on any atom is 0.241 e. The topological polar surface area (TPSA) is 71.2 Å². The summed E-state index contributed by atoms with van der Waals surface area (Å²) < 4.78 is 5.88. The maximum absolute atomic E-state index is 13.8. The normalized spacial score (nSPS) is 21.8. The summed E-state index contributed by atoms with van der Waals surface area (Å²) in [6.07, 6.45) is 26.4. The van der Waals surface area contributed by atoms with E-state index in [0.717, 1.165) is 94.5 Å². The van der Waals surface area contributed by atoms with Gasteiger partial charge in [-0.1, -0.05) is 38.5 Å². The number of benzene rings is 1. The number of likely N-dealkylation sites (tertiary alicyclic amines) is 1. The van der Waals surface area contributed by atoms with Gasteiger partial charge < -0.3 is 15.4 Å². The molecule has 3 heterocycles. The number of aliphatic imine (C=N–C) groups is 1. The standard InChI is InChI=1S/C35H52N4O2.C2H2/c1-4-6-18-39(33-13-9-12-28(21-33)23-36)35(40)26-38-25-29(22-32(38)16-15-31-20-27(3)24-37-31)11-7-8-14-34-30(10-5-2)17-19-41-34;1-2/h9-10,12-14,21,24,29,32H,4-8,11,15-20,22-23,25-26,36H2,1-3H3;1-2H/b30-10-,34-14+;. The van der Waals surface area contributed by atoms with Crippen molar-refractivity contribution in [3.8, 4) is 12.8 Å². The van der Waals surface area contributed by atoms with Gasteiger partial charge >= 0.3 is 0 Å². The van der Waals surface area contributed by atoms with Crippen LogP contribution in [0.3, 0.4) is 0 Å². The molecule has 2 saturated heterocycles. The van der Waals surface area contributed by atoms with E-state index in [0.29, 0.717) is 25.0 Å². The van der Waals surface area contributed by atoms with Crippen LogP contribution in [0.25, 0.3) is 0 Å². The van der Waals surface area contributed by atoms with Crippen LogP contribution in [0.15, 0.2) is 64.5 Å². The van der Waals surface area contributed by atoms with E-state index >= 15 is 0 Å². The molecule has 3 aliphatic rings. The lowest BCUT2D eigenvalue weighted by atomic mass is 9.96. The van der Waals surface area contributed by atoms with E-state index in [2.05, 4.69) is 61.7 Å². The second-order valence-corrected chi connectivity index (χ2v) is 12.1. The number of amides is 1. The van der Waals surface area contributed by atoms with E-state index in [1.807, 2.05) is 29.3 Å². The quantitative estimate of drug-likeness (QED) is 0.170. The van der Waals surface area contributed by atoms with Crippen LogP contribution in [-0.4, -0.2) is 48.8 Å².